The molecule has 1 aromatic carbocycles. The number of aliphatic hydroxyl groups excluding tert-OH is 1. The second-order valence-corrected chi connectivity index (χ2v) is 4.49. The molecule has 0 heterocycles. The molecule has 102 valence electrons. The molecule has 1 rings (SSSR count). The number of rotatable bonds is 7. The Balaban J connectivity index is 2.53. The first-order chi connectivity index (χ1) is 8.58. The van der Waals surface area contributed by atoms with Crippen molar-refractivity contribution in [3.05, 3.63) is 35.4 Å². The lowest BCUT2D eigenvalue weighted by molar-refractivity contribution is 0.167. The molecule has 0 fully saturated rings. The fourth-order valence-corrected chi connectivity index (χ4v) is 1.91. The van der Waals surface area contributed by atoms with E-state index < -0.39 is 17.7 Å². The molecule has 2 unspecified atom stereocenters. The van der Waals surface area contributed by atoms with Gasteiger partial charge in [-0.2, -0.15) is 0 Å². The van der Waals surface area contributed by atoms with E-state index in [1.54, 1.807) is 0 Å². The SMILES string of the molecule is CCCC(CC)NCC(O)c1ccc(F)c(F)c1. The van der Waals surface area contributed by atoms with Crippen LogP contribution in [0.25, 0.3) is 0 Å². The zero-order valence-electron chi connectivity index (χ0n) is 10.9. The summed E-state index contributed by atoms with van der Waals surface area (Å²) in [5.74, 6) is -1.82. The molecule has 0 saturated carbocycles. The van der Waals surface area contributed by atoms with Gasteiger partial charge in [-0.3, -0.25) is 0 Å². The van der Waals surface area contributed by atoms with Crippen molar-refractivity contribution in [1.82, 2.24) is 5.32 Å². The van der Waals surface area contributed by atoms with Crippen LogP contribution < -0.4 is 5.32 Å². The lowest BCUT2D eigenvalue weighted by Crippen LogP contribution is -2.32. The van der Waals surface area contributed by atoms with Gasteiger partial charge in [-0.15, -0.1) is 0 Å². The Hall–Kier alpha value is -1.00. The van der Waals surface area contributed by atoms with Crippen LogP contribution in [0.2, 0.25) is 0 Å². The third kappa shape index (κ3) is 4.35. The topological polar surface area (TPSA) is 32.3 Å². The summed E-state index contributed by atoms with van der Waals surface area (Å²) in [5.41, 5.74) is 0.396. The van der Waals surface area contributed by atoms with Gasteiger partial charge in [-0.1, -0.05) is 26.3 Å². The fourth-order valence-electron chi connectivity index (χ4n) is 1.91. The molecule has 0 aliphatic rings. The first-order valence-corrected chi connectivity index (χ1v) is 6.44. The van der Waals surface area contributed by atoms with Crippen molar-refractivity contribution < 1.29 is 13.9 Å². The summed E-state index contributed by atoms with van der Waals surface area (Å²) in [6.45, 7) is 4.54. The molecule has 1 aromatic rings. The van der Waals surface area contributed by atoms with Crippen LogP contribution in [-0.2, 0) is 0 Å². The second-order valence-electron chi connectivity index (χ2n) is 4.49. The van der Waals surface area contributed by atoms with Crippen LogP contribution >= 0.6 is 0 Å². The Morgan fingerprint density at radius 1 is 1.22 bits per heavy atom. The summed E-state index contributed by atoms with van der Waals surface area (Å²) in [4.78, 5) is 0. The third-order valence-corrected chi connectivity index (χ3v) is 3.06. The molecule has 0 saturated heterocycles. The van der Waals surface area contributed by atoms with Crippen LogP contribution in [0.1, 0.15) is 44.8 Å². The molecular formula is C14H21F2NO. The lowest BCUT2D eigenvalue weighted by atomic mass is 10.1. The van der Waals surface area contributed by atoms with E-state index in [9.17, 15) is 13.9 Å². The van der Waals surface area contributed by atoms with Crippen molar-refractivity contribution in [3.8, 4) is 0 Å². The molecule has 0 aromatic heterocycles. The van der Waals surface area contributed by atoms with Crippen LogP contribution in [0.5, 0.6) is 0 Å². The summed E-state index contributed by atoms with van der Waals surface area (Å²) in [7, 11) is 0. The van der Waals surface area contributed by atoms with Crippen LogP contribution in [0.3, 0.4) is 0 Å². The third-order valence-electron chi connectivity index (χ3n) is 3.06. The maximum Gasteiger partial charge on any atom is 0.159 e. The van der Waals surface area contributed by atoms with Gasteiger partial charge in [0, 0.05) is 12.6 Å². The van der Waals surface area contributed by atoms with E-state index in [-0.39, 0.29) is 0 Å². The predicted octanol–water partition coefficient (Wildman–Crippen LogP) is 3.17. The highest BCUT2D eigenvalue weighted by Gasteiger charge is 2.12. The van der Waals surface area contributed by atoms with E-state index in [1.165, 1.54) is 6.07 Å². The summed E-state index contributed by atoms with van der Waals surface area (Å²) in [6, 6.07) is 3.85. The summed E-state index contributed by atoms with van der Waals surface area (Å²) in [6.07, 6.45) is 2.29. The van der Waals surface area contributed by atoms with Gasteiger partial charge in [0.1, 0.15) is 0 Å². The van der Waals surface area contributed by atoms with Crippen LogP contribution in [-0.4, -0.2) is 17.7 Å². The highest BCUT2D eigenvalue weighted by Crippen LogP contribution is 2.16. The Morgan fingerprint density at radius 3 is 2.50 bits per heavy atom. The Kier molecular flexibility index (Phi) is 6.22. The maximum absolute atomic E-state index is 13.0. The normalized spacial score (nSPS) is 14.5. The maximum atomic E-state index is 13.0. The average Bonchev–Trinajstić information content (AvgIpc) is 2.37. The van der Waals surface area contributed by atoms with E-state index >= 15 is 0 Å². The van der Waals surface area contributed by atoms with Crippen molar-refractivity contribution in [3.63, 3.8) is 0 Å². The number of nitrogens with one attached hydrogen (secondary N) is 1. The molecular weight excluding hydrogens is 236 g/mol. The minimum Gasteiger partial charge on any atom is -0.387 e. The first kappa shape index (κ1) is 15.1. The fraction of sp³-hybridized carbons (Fsp3) is 0.571. The number of benzene rings is 1. The number of hydrogen-bond donors (Lipinski definition) is 2. The van der Waals surface area contributed by atoms with Gasteiger partial charge in [0.2, 0.25) is 0 Å². The van der Waals surface area contributed by atoms with Crippen LogP contribution in [0.4, 0.5) is 8.78 Å². The van der Waals surface area contributed by atoms with Crippen molar-refractivity contribution in [2.45, 2.75) is 45.3 Å². The van der Waals surface area contributed by atoms with Crippen molar-refractivity contribution in [1.29, 1.82) is 0 Å². The van der Waals surface area contributed by atoms with E-state index in [0.29, 0.717) is 18.2 Å². The molecule has 0 aliphatic carbocycles. The monoisotopic (exact) mass is 257 g/mol. The quantitative estimate of drug-likeness (QED) is 0.786. The van der Waals surface area contributed by atoms with E-state index in [0.717, 1.165) is 31.4 Å². The average molecular weight is 257 g/mol. The zero-order chi connectivity index (χ0) is 13.5. The van der Waals surface area contributed by atoms with Gasteiger partial charge in [-0.05, 0) is 30.5 Å². The molecule has 0 radical (unpaired) electrons. The number of hydrogen-bond acceptors (Lipinski definition) is 2. The largest absolute Gasteiger partial charge is 0.387 e. The minimum atomic E-state index is -0.924. The smallest absolute Gasteiger partial charge is 0.159 e. The van der Waals surface area contributed by atoms with Crippen molar-refractivity contribution in [2.24, 2.45) is 0 Å². The van der Waals surface area contributed by atoms with Crippen LogP contribution in [0.15, 0.2) is 18.2 Å². The highest BCUT2D eigenvalue weighted by atomic mass is 19.2. The molecule has 2 nitrogen and oxygen atoms in total. The standard InChI is InChI=1S/C14H21F2NO/c1-3-5-11(4-2)17-9-14(18)10-6-7-12(15)13(16)8-10/h6-8,11,14,17-18H,3-5,9H2,1-2H3. The minimum absolute atomic E-state index is 0.351. The molecule has 4 heteroatoms. The van der Waals surface area contributed by atoms with Crippen molar-refractivity contribution in [2.75, 3.05) is 6.54 Å². The molecule has 2 N–H and O–H groups in total. The summed E-state index contributed by atoms with van der Waals surface area (Å²) >= 11 is 0. The Morgan fingerprint density at radius 2 is 1.94 bits per heavy atom. The molecule has 0 aliphatic heterocycles. The second kappa shape index (κ2) is 7.44. The predicted molar refractivity (Wildman–Crippen MR) is 68.3 cm³/mol. The Bertz CT molecular complexity index is 371. The van der Waals surface area contributed by atoms with Gasteiger partial charge >= 0.3 is 0 Å². The molecule has 0 spiro atoms. The highest BCUT2D eigenvalue weighted by molar-refractivity contribution is 5.20. The van der Waals surface area contributed by atoms with Gasteiger partial charge in [0.15, 0.2) is 11.6 Å². The Labute approximate surface area is 107 Å². The number of aliphatic hydroxyl groups is 1. The van der Waals surface area contributed by atoms with Crippen molar-refractivity contribution >= 4 is 0 Å². The molecule has 0 amide bonds. The van der Waals surface area contributed by atoms with Gasteiger partial charge in [-0.25, -0.2) is 8.78 Å². The molecule has 2 atom stereocenters. The molecule has 0 bridgehead atoms. The summed E-state index contributed by atoms with van der Waals surface area (Å²) in [5, 5.41) is 13.1. The molecule has 18 heavy (non-hydrogen) atoms. The lowest BCUT2D eigenvalue weighted by Gasteiger charge is -2.19. The zero-order valence-corrected chi connectivity index (χ0v) is 10.9. The van der Waals surface area contributed by atoms with Gasteiger partial charge in [0.25, 0.3) is 0 Å². The van der Waals surface area contributed by atoms with E-state index in [1.807, 2.05) is 0 Å². The van der Waals surface area contributed by atoms with Gasteiger partial charge in [0.05, 0.1) is 6.10 Å². The van der Waals surface area contributed by atoms with Gasteiger partial charge < -0.3 is 10.4 Å². The first-order valence-electron chi connectivity index (χ1n) is 6.44. The van der Waals surface area contributed by atoms with E-state index in [4.69, 9.17) is 0 Å². The van der Waals surface area contributed by atoms with Crippen LogP contribution in [0, 0.1) is 11.6 Å². The summed E-state index contributed by atoms with van der Waals surface area (Å²) < 4.78 is 25.8. The number of halogens is 2. The van der Waals surface area contributed by atoms with E-state index in [2.05, 4.69) is 19.2 Å².